The number of para-hydroxylation sites is 1. The third-order valence-electron chi connectivity index (χ3n) is 3.44. The highest BCUT2D eigenvalue weighted by atomic mass is 16.5. The summed E-state index contributed by atoms with van der Waals surface area (Å²) in [5.74, 6) is 0.366. The van der Waals surface area contributed by atoms with Gasteiger partial charge in [0.25, 0.3) is 0 Å². The first kappa shape index (κ1) is 13.4. The number of hydrogen-bond acceptors (Lipinski definition) is 4. The molecule has 2 heterocycles. The van der Waals surface area contributed by atoms with Crippen molar-refractivity contribution in [3.63, 3.8) is 0 Å². The first-order valence-electron chi connectivity index (χ1n) is 6.79. The summed E-state index contributed by atoms with van der Waals surface area (Å²) in [6.07, 6.45) is 1.75. The third kappa shape index (κ3) is 3.13. The maximum absolute atomic E-state index is 12.1. The van der Waals surface area contributed by atoms with Crippen LogP contribution in [-0.2, 0) is 16.1 Å². The highest BCUT2D eigenvalue weighted by Gasteiger charge is 2.35. The van der Waals surface area contributed by atoms with Crippen molar-refractivity contribution in [3.05, 3.63) is 54.5 Å². The number of nitrogens with zero attached hydrogens (tertiary/aromatic N) is 1. The van der Waals surface area contributed by atoms with Crippen molar-refractivity contribution in [2.45, 2.75) is 13.0 Å². The summed E-state index contributed by atoms with van der Waals surface area (Å²) >= 11 is 0. The second kappa shape index (κ2) is 5.83. The van der Waals surface area contributed by atoms with Crippen LogP contribution in [0, 0.1) is 5.92 Å². The van der Waals surface area contributed by atoms with Crippen LogP contribution in [0.5, 0.6) is 5.75 Å². The van der Waals surface area contributed by atoms with Crippen LogP contribution in [0.15, 0.2) is 53.1 Å². The number of likely N-dealkylation sites (tertiary alicyclic amines) is 1. The Hall–Kier alpha value is -2.56. The molecule has 1 aliphatic rings. The van der Waals surface area contributed by atoms with Gasteiger partial charge in [-0.2, -0.15) is 0 Å². The maximum atomic E-state index is 12.1. The zero-order valence-corrected chi connectivity index (χ0v) is 11.4. The summed E-state index contributed by atoms with van der Waals surface area (Å²) in [6.45, 7) is 0.756. The lowest BCUT2D eigenvalue weighted by atomic mass is 10.1. The lowest BCUT2D eigenvalue weighted by Gasteiger charge is -2.14. The molecule has 21 heavy (non-hydrogen) atoms. The third-order valence-corrected chi connectivity index (χ3v) is 3.44. The van der Waals surface area contributed by atoms with E-state index in [1.54, 1.807) is 41.5 Å². The minimum atomic E-state index is -0.423. The van der Waals surface area contributed by atoms with Crippen LogP contribution in [-0.4, -0.2) is 23.3 Å². The molecular weight excluding hydrogens is 270 g/mol. The van der Waals surface area contributed by atoms with Crippen LogP contribution in [0.25, 0.3) is 0 Å². The largest absolute Gasteiger partial charge is 0.467 e. The molecule has 1 aromatic carbocycles. The standard InChI is InChI=1S/C16H15NO4/c18-15-9-12(10-17(15)11-14-7-4-8-20-14)16(19)21-13-5-2-1-3-6-13/h1-8,12H,9-11H2/t12-/m0/s1. The Labute approximate surface area is 122 Å². The highest BCUT2D eigenvalue weighted by Crippen LogP contribution is 2.22. The molecular formula is C16H15NO4. The molecule has 0 aliphatic carbocycles. The Bertz CT molecular complexity index is 621. The molecule has 5 heteroatoms. The molecule has 5 nitrogen and oxygen atoms in total. The van der Waals surface area contributed by atoms with Gasteiger partial charge in [-0.15, -0.1) is 0 Å². The van der Waals surface area contributed by atoms with Crippen LogP contribution in [0.1, 0.15) is 12.2 Å². The Morgan fingerprint density at radius 1 is 1.24 bits per heavy atom. The van der Waals surface area contributed by atoms with Crippen molar-refractivity contribution in [2.24, 2.45) is 5.92 Å². The molecule has 1 saturated heterocycles. The molecule has 3 rings (SSSR count). The molecule has 0 spiro atoms. The minimum absolute atomic E-state index is 0.0542. The van der Waals surface area contributed by atoms with E-state index in [0.717, 1.165) is 0 Å². The van der Waals surface area contributed by atoms with Gasteiger partial charge in [-0.1, -0.05) is 18.2 Å². The molecule has 2 aromatic rings. The van der Waals surface area contributed by atoms with Crippen LogP contribution >= 0.6 is 0 Å². The molecule has 0 radical (unpaired) electrons. The Morgan fingerprint density at radius 2 is 2.05 bits per heavy atom. The van der Waals surface area contributed by atoms with Crippen molar-refractivity contribution in [3.8, 4) is 5.75 Å². The Balaban J connectivity index is 1.60. The fourth-order valence-corrected chi connectivity index (χ4v) is 2.36. The summed E-state index contributed by atoms with van der Waals surface area (Å²) in [6, 6.07) is 12.5. The molecule has 0 bridgehead atoms. The molecule has 1 aliphatic heterocycles. The molecule has 108 valence electrons. The second-order valence-corrected chi connectivity index (χ2v) is 4.99. The van der Waals surface area contributed by atoms with Gasteiger partial charge in [-0.05, 0) is 24.3 Å². The Kier molecular flexibility index (Phi) is 3.73. The number of esters is 1. The lowest BCUT2D eigenvalue weighted by Crippen LogP contribution is -2.27. The molecule has 1 amide bonds. The first-order chi connectivity index (χ1) is 10.2. The summed E-state index contributed by atoms with van der Waals surface area (Å²) in [7, 11) is 0. The van der Waals surface area contributed by atoms with Crippen molar-refractivity contribution < 1.29 is 18.7 Å². The van der Waals surface area contributed by atoms with E-state index in [1.807, 2.05) is 12.1 Å². The summed E-state index contributed by atoms with van der Waals surface area (Å²) in [5.41, 5.74) is 0. The van der Waals surface area contributed by atoms with Crippen molar-refractivity contribution >= 4 is 11.9 Å². The van der Waals surface area contributed by atoms with Gasteiger partial charge in [0.1, 0.15) is 11.5 Å². The zero-order chi connectivity index (χ0) is 14.7. The summed E-state index contributed by atoms with van der Waals surface area (Å²) in [5, 5.41) is 0. The van der Waals surface area contributed by atoms with Gasteiger partial charge < -0.3 is 14.1 Å². The Morgan fingerprint density at radius 3 is 2.76 bits per heavy atom. The van der Waals surface area contributed by atoms with E-state index in [1.165, 1.54) is 0 Å². The SMILES string of the molecule is O=C(Oc1ccccc1)[C@H]1CC(=O)N(Cc2ccco2)C1. The smallest absolute Gasteiger partial charge is 0.316 e. The van der Waals surface area contributed by atoms with Gasteiger partial charge in [-0.3, -0.25) is 9.59 Å². The molecule has 0 N–H and O–H groups in total. The van der Waals surface area contributed by atoms with Crippen molar-refractivity contribution in [1.29, 1.82) is 0 Å². The molecule has 1 fully saturated rings. The lowest BCUT2D eigenvalue weighted by molar-refractivity contribution is -0.139. The van der Waals surface area contributed by atoms with E-state index in [9.17, 15) is 9.59 Å². The number of amides is 1. The predicted molar refractivity (Wildman–Crippen MR) is 74.3 cm³/mol. The molecule has 1 aromatic heterocycles. The first-order valence-corrected chi connectivity index (χ1v) is 6.79. The predicted octanol–water partition coefficient (Wildman–Crippen LogP) is 2.23. The average molecular weight is 285 g/mol. The number of benzene rings is 1. The minimum Gasteiger partial charge on any atom is -0.467 e. The van der Waals surface area contributed by atoms with Gasteiger partial charge in [0.15, 0.2) is 0 Å². The number of rotatable bonds is 4. The van der Waals surface area contributed by atoms with E-state index in [4.69, 9.17) is 9.15 Å². The average Bonchev–Trinajstić information content (AvgIpc) is 3.11. The van der Waals surface area contributed by atoms with E-state index in [0.29, 0.717) is 24.6 Å². The number of furan rings is 1. The van der Waals surface area contributed by atoms with E-state index < -0.39 is 5.92 Å². The zero-order valence-electron chi connectivity index (χ0n) is 11.4. The normalized spacial score (nSPS) is 18.0. The van der Waals surface area contributed by atoms with Gasteiger partial charge in [0.2, 0.25) is 5.91 Å². The van der Waals surface area contributed by atoms with Crippen LogP contribution in [0.2, 0.25) is 0 Å². The van der Waals surface area contributed by atoms with Gasteiger partial charge >= 0.3 is 5.97 Å². The number of carbonyl (C=O) groups is 2. The highest BCUT2D eigenvalue weighted by molar-refractivity contribution is 5.87. The topological polar surface area (TPSA) is 59.8 Å². The van der Waals surface area contributed by atoms with E-state index in [-0.39, 0.29) is 18.3 Å². The quantitative estimate of drug-likeness (QED) is 0.638. The van der Waals surface area contributed by atoms with Crippen molar-refractivity contribution in [1.82, 2.24) is 4.90 Å². The summed E-state index contributed by atoms with van der Waals surface area (Å²) < 4.78 is 10.5. The van der Waals surface area contributed by atoms with Crippen LogP contribution in [0.3, 0.4) is 0 Å². The van der Waals surface area contributed by atoms with E-state index >= 15 is 0 Å². The molecule has 1 atom stereocenters. The fourth-order valence-electron chi connectivity index (χ4n) is 2.36. The fraction of sp³-hybridized carbons (Fsp3) is 0.250. The van der Waals surface area contributed by atoms with Crippen molar-refractivity contribution in [2.75, 3.05) is 6.54 Å². The number of hydrogen-bond donors (Lipinski definition) is 0. The van der Waals surface area contributed by atoms with Gasteiger partial charge in [0.05, 0.1) is 18.7 Å². The molecule has 0 saturated carbocycles. The number of carbonyl (C=O) groups excluding carboxylic acids is 2. The number of ether oxygens (including phenoxy) is 1. The van der Waals surface area contributed by atoms with E-state index in [2.05, 4.69) is 0 Å². The second-order valence-electron chi connectivity index (χ2n) is 4.99. The van der Waals surface area contributed by atoms with Gasteiger partial charge in [0, 0.05) is 13.0 Å². The monoisotopic (exact) mass is 285 g/mol. The van der Waals surface area contributed by atoms with Crippen LogP contribution < -0.4 is 4.74 Å². The van der Waals surface area contributed by atoms with Gasteiger partial charge in [-0.25, -0.2) is 0 Å². The summed E-state index contributed by atoms with van der Waals surface area (Å²) in [4.78, 5) is 25.6. The van der Waals surface area contributed by atoms with Crippen LogP contribution in [0.4, 0.5) is 0 Å². The maximum Gasteiger partial charge on any atom is 0.316 e. The molecule has 0 unspecified atom stereocenters.